The molecule has 0 atom stereocenters. The minimum atomic E-state index is -0.602. The second kappa shape index (κ2) is 13.3. The van der Waals surface area contributed by atoms with Crippen LogP contribution in [0.15, 0.2) is 97.2 Å². The molecule has 3 aromatic carbocycles. The van der Waals surface area contributed by atoms with Crippen molar-refractivity contribution < 1.29 is 19.1 Å². The molecule has 0 unspecified atom stereocenters. The summed E-state index contributed by atoms with van der Waals surface area (Å²) in [5.74, 6) is 0.0363. The van der Waals surface area contributed by atoms with Gasteiger partial charge in [0.2, 0.25) is 0 Å². The van der Waals surface area contributed by atoms with E-state index in [1.807, 2.05) is 54.6 Å². The molecular weight excluding hydrogens is 502 g/mol. The minimum absolute atomic E-state index is 0.199. The van der Waals surface area contributed by atoms with E-state index in [0.29, 0.717) is 41.7 Å². The van der Waals surface area contributed by atoms with E-state index in [4.69, 9.17) is 26.8 Å². The fourth-order valence-corrected chi connectivity index (χ4v) is 4.06. The van der Waals surface area contributed by atoms with Crippen molar-refractivity contribution in [3.63, 3.8) is 0 Å². The van der Waals surface area contributed by atoms with Crippen LogP contribution in [-0.4, -0.2) is 34.8 Å². The van der Waals surface area contributed by atoms with Gasteiger partial charge in [0, 0.05) is 31.4 Å². The smallest absolute Gasteiger partial charge is 0.255 e. The lowest BCUT2D eigenvalue weighted by molar-refractivity contribution is -0.119. The molecular formula is C30H28ClN3O4. The van der Waals surface area contributed by atoms with E-state index in [-0.39, 0.29) is 19.1 Å². The first-order valence-electron chi connectivity index (χ1n) is 12.1. The van der Waals surface area contributed by atoms with E-state index < -0.39 is 5.91 Å². The van der Waals surface area contributed by atoms with Crippen molar-refractivity contribution in [2.75, 3.05) is 13.2 Å². The Morgan fingerprint density at radius 2 is 1.61 bits per heavy atom. The number of nitrogens with zero attached hydrogens (tertiary/aromatic N) is 2. The molecule has 2 N–H and O–H groups in total. The number of amides is 2. The van der Waals surface area contributed by atoms with Gasteiger partial charge in [-0.1, -0.05) is 66.2 Å². The molecule has 0 aliphatic carbocycles. The second-order valence-corrected chi connectivity index (χ2v) is 9.00. The van der Waals surface area contributed by atoms with E-state index in [2.05, 4.69) is 4.98 Å². The number of ether oxygens (including phenoxy) is 2. The summed E-state index contributed by atoms with van der Waals surface area (Å²) in [6.07, 6.45) is 2.30. The van der Waals surface area contributed by atoms with Crippen molar-refractivity contribution in [3.8, 4) is 11.5 Å². The van der Waals surface area contributed by atoms with Crippen LogP contribution in [0.3, 0.4) is 0 Å². The molecule has 0 bridgehead atoms. The molecule has 1 aromatic heterocycles. The molecule has 0 aliphatic rings. The van der Waals surface area contributed by atoms with Crippen molar-refractivity contribution >= 4 is 23.4 Å². The number of hydrogen-bond acceptors (Lipinski definition) is 5. The fourth-order valence-electron chi connectivity index (χ4n) is 3.84. The van der Waals surface area contributed by atoms with Crippen LogP contribution >= 0.6 is 11.6 Å². The molecule has 0 radical (unpaired) electrons. The number of aromatic nitrogens is 1. The van der Waals surface area contributed by atoms with Gasteiger partial charge in [0.15, 0.2) is 18.1 Å². The van der Waals surface area contributed by atoms with Crippen molar-refractivity contribution in [1.29, 1.82) is 0 Å². The first-order valence-corrected chi connectivity index (χ1v) is 12.5. The predicted octanol–water partition coefficient (Wildman–Crippen LogP) is 5.06. The Kier molecular flexibility index (Phi) is 9.32. The van der Waals surface area contributed by atoms with Gasteiger partial charge in [-0.3, -0.25) is 14.6 Å². The van der Waals surface area contributed by atoms with Crippen molar-refractivity contribution in [2.45, 2.75) is 19.6 Å². The number of carbonyl (C=O) groups is 2. The van der Waals surface area contributed by atoms with E-state index in [1.165, 1.54) is 0 Å². The molecule has 0 spiro atoms. The lowest BCUT2D eigenvalue weighted by atomic mass is 10.1. The highest BCUT2D eigenvalue weighted by atomic mass is 35.5. The lowest BCUT2D eigenvalue weighted by Crippen LogP contribution is -2.33. The highest BCUT2D eigenvalue weighted by Gasteiger charge is 2.20. The van der Waals surface area contributed by atoms with E-state index in [0.717, 1.165) is 16.8 Å². The van der Waals surface area contributed by atoms with Crippen LogP contribution in [-0.2, 0) is 24.4 Å². The fraction of sp³-hybridized carbons (Fsp3) is 0.167. The highest BCUT2D eigenvalue weighted by Crippen LogP contribution is 2.30. The Morgan fingerprint density at radius 3 is 2.34 bits per heavy atom. The summed E-state index contributed by atoms with van der Waals surface area (Å²) in [7, 11) is 0. The van der Waals surface area contributed by atoms with Gasteiger partial charge >= 0.3 is 0 Å². The van der Waals surface area contributed by atoms with Crippen molar-refractivity contribution in [1.82, 2.24) is 9.88 Å². The van der Waals surface area contributed by atoms with Gasteiger partial charge in [-0.25, -0.2) is 0 Å². The molecule has 4 rings (SSSR count). The topological polar surface area (TPSA) is 94.8 Å². The van der Waals surface area contributed by atoms with Crippen LogP contribution in [0.25, 0.3) is 0 Å². The van der Waals surface area contributed by atoms with Gasteiger partial charge in [-0.05, 0) is 47.5 Å². The summed E-state index contributed by atoms with van der Waals surface area (Å²) in [6.45, 7) is 0.731. The minimum Gasteiger partial charge on any atom is -0.485 e. The number of primary amides is 1. The zero-order valence-electron chi connectivity index (χ0n) is 20.8. The van der Waals surface area contributed by atoms with Crippen LogP contribution in [0.2, 0.25) is 5.02 Å². The quantitative estimate of drug-likeness (QED) is 0.277. The van der Waals surface area contributed by atoms with E-state index in [1.54, 1.807) is 47.5 Å². The highest BCUT2D eigenvalue weighted by molar-refractivity contribution is 6.33. The van der Waals surface area contributed by atoms with Gasteiger partial charge < -0.3 is 20.1 Å². The van der Waals surface area contributed by atoms with Gasteiger partial charge in [-0.15, -0.1) is 0 Å². The number of pyridine rings is 1. The SMILES string of the molecule is NC(=O)COc1cc(CN(CCc2ccccn2)C(=O)c2ccccc2Cl)ccc1OCc1ccccc1. The van der Waals surface area contributed by atoms with Crippen LogP contribution < -0.4 is 15.2 Å². The summed E-state index contributed by atoms with van der Waals surface area (Å²) in [5.41, 5.74) is 8.38. The van der Waals surface area contributed by atoms with Crippen LogP contribution in [0.1, 0.15) is 27.2 Å². The Morgan fingerprint density at radius 1 is 0.842 bits per heavy atom. The molecule has 7 nitrogen and oxygen atoms in total. The van der Waals surface area contributed by atoms with Gasteiger partial charge in [0.1, 0.15) is 6.61 Å². The van der Waals surface area contributed by atoms with Gasteiger partial charge in [0.05, 0.1) is 10.6 Å². The molecule has 4 aromatic rings. The summed E-state index contributed by atoms with van der Waals surface area (Å²) < 4.78 is 11.6. The Bertz CT molecular complexity index is 1370. The van der Waals surface area contributed by atoms with Crippen LogP contribution in [0, 0.1) is 0 Å². The summed E-state index contributed by atoms with van der Waals surface area (Å²) in [5, 5.41) is 0.385. The largest absolute Gasteiger partial charge is 0.485 e. The molecule has 0 aliphatic heterocycles. The molecule has 38 heavy (non-hydrogen) atoms. The molecule has 1 heterocycles. The molecule has 0 saturated carbocycles. The zero-order valence-corrected chi connectivity index (χ0v) is 21.5. The second-order valence-electron chi connectivity index (χ2n) is 8.59. The first-order chi connectivity index (χ1) is 18.5. The Hall–Kier alpha value is -4.36. The molecule has 194 valence electrons. The van der Waals surface area contributed by atoms with Gasteiger partial charge in [0.25, 0.3) is 11.8 Å². The number of hydrogen-bond donors (Lipinski definition) is 1. The number of carbonyl (C=O) groups excluding carboxylic acids is 2. The molecule has 0 saturated heterocycles. The van der Waals surface area contributed by atoms with E-state index >= 15 is 0 Å². The number of rotatable bonds is 12. The third kappa shape index (κ3) is 7.57. The first kappa shape index (κ1) is 26.7. The maximum atomic E-state index is 13.5. The number of nitrogens with two attached hydrogens (primary N) is 1. The predicted molar refractivity (Wildman–Crippen MR) is 146 cm³/mol. The summed E-state index contributed by atoms with van der Waals surface area (Å²) in [4.78, 5) is 31.0. The third-order valence-corrected chi connectivity index (χ3v) is 6.07. The van der Waals surface area contributed by atoms with Crippen LogP contribution in [0.4, 0.5) is 0 Å². The maximum absolute atomic E-state index is 13.5. The number of benzene rings is 3. The standard InChI is InChI=1S/C30H28ClN3O4/c31-26-12-5-4-11-25(26)30(36)34(17-15-24-10-6-7-16-33-24)19-23-13-14-27(28(18-23)38-21-29(32)35)37-20-22-8-2-1-3-9-22/h1-14,16,18H,15,17,19-21H2,(H2,32,35). The lowest BCUT2D eigenvalue weighted by Gasteiger charge is -2.24. The number of halogens is 1. The summed E-state index contributed by atoms with van der Waals surface area (Å²) in [6, 6.07) is 27.8. The molecule has 8 heteroatoms. The third-order valence-electron chi connectivity index (χ3n) is 5.74. The summed E-state index contributed by atoms with van der Waals surface area (Å²) >= 11 is 6.35. The normalized spacial score (nSPS) is 10.6. The van der Waals surface area contributed by atoms with Crippen molar-refractivity contribution in [2.24, 2.45) is 5.73 Å². The molecule has 0 fully saturated rings. The average Bonchev–Trinajstić information content (AvgIpc) is 2.94. The van der Waals surface area contributed by atoms with Gasteiger partial charge in [-0.2, -0.15) is 0 Å². The monoisotopic (exact) mass is 529 g/mol. The van der Waals surface area contributed by atoms with Crippen LogP contribution in [0.5, 0.6) is 11.5 Å². The Labute approximate surface area is 226 Å². The van der Waals surface area contributed by atoms with E-state index in [9.17, 15) is 9.59 Å². The molecule has 2 amide bonds. The maximum Gasteiger partial charge on any atom is 0.255 e. The van der Waals surface area contributed by atoms with Crippen molar-refractivity contribution in [3.05, 3.63) is 125 Å². The zero-order chi connectivity index (χ0) is 26.7. The average molecular weight is 530 g/mol. The Balaban J connectivity index is 1.57.